The highest BCUT2D eigenvalue weighted by Crippen LogP contribution is 2.42. The molecule has 2 N–H and O–H groups in total. The maximum absolute atomic E-state index is 12.8. The summed E-state index contributed by atoms with van der Waals surface area (Å²) >= 11 is 0. The molecule has 1 aromatic heterocycles. The Labute approximate surface area is 130 Å². The standard InChI is InChI=1S/C16H14O7/c1-20-9-4-5-10(21-2)15-12(9)13(19)11-7(17)6-8(18)14(22-3)16(11)23-15/h4-6,17-18H,1-3H3. The molecule has 3 aromatic rings. The van der Waals surface area contributed by atoms with E-state index in [2.05, 4.69) is 0 Å². The zero-order valence-corrected chi connectivity index (χ0v) is 12.7. The van der Waals surface area contributed by atoms with Crippen LogP contribution in [0.1, 0.15) is 0 Å². The molecule has 2 aromatic carbocycles. The summed E-state index contributed by atoms with van der Waals surface area (Å²) in [5.41, 5.74) is -0.463. The second-order valence-electron chi connectivity index (χ2n) is 4.76. The average Bonchev–Trinajstić information content (AvgIpc) is 2.53. The van der Waals surface area contributed by atoms with Crippen molar-refractivity contribution in [3.05, 3.63) is 28.4 Å². The van der Waals surface area contributed by atoms with Crippen LogP contribution in [0.25, 0.3) is 21.9 Å². The number of methoxy groups -OCH3 is 3. The van der Waals surface area contributed by atoms with Crippen molar-refractivity contribution in [3.63, 3.8) is 0 Å². The van der Waals surface area contributed by atoms with Gasteiger partial charge in [0.1, 0.15) is 22.3 Å². The second kappa shape index (κ2) is 5.28. The third-order valence-corrected chi connectivity index (χ3v) is 3.58. The average molecular weight is 318 g/mol. The Morgan fingerprint density at radius 1 is 0.870 bits per heavy atom. The smallest absolute Gasteiger partial charge is 0.208 e. The number of rotatable bonds is 3. The van der Waals surface area contributed by atoms with Gasteiger partial charge in [0.05, 0.1) is 21.3 Å². The summed E-state index contributed by atoms with van der Waals surface area (Å²) < 4.78 is 21.2. The molecule has 0 radical (unpaired) electrons. The topological polar surface area (TPSA) is 98.4 Å². The Morgan fingerprint density at radius 2 is 1.52 bits per heavy atom. The summed E-state index contributed by atoms with van der Waals surface area (Å²) in [6.07, 6.45) is 0. The highest BCUT2D eigenvalue weighted by molar-refractivity contribution is 6.00. The Kier molecular flexibility index (Phi) is 3.40. The van der Waals surface area contributed by atoms with Crippen LogP contribution in [-0.2, 0) is 0 Å². The first-order valence-corrected chi connectivity index (χ1v) is 6.63. The maximum Gasteiger partial charge on any atom is 0.208 e. The van der Waals surface area contributed by atoms with Gasteiger partial charge in [-0.05, 0) is 12.1 Å². The molecule has 0 fully saturated rings. The van der Waals surface area contributed by atoms with Gasteiger partial charge in [-0.15, -0.1) is 0 Å². The van der Waals surface area contributed by atoms with Gasteiger partial charge in [-0.2, -0.15) is 0 Å². The van der Waals surface area contributed by atoms with Crippen molar-refractivity contribution in [3.8, 4) is 28.7 Å². The van der Waals surface area contributed by atoms with Crippen LogP contribution in [0.5, 0.6) is 28.7 Å². The predicted octanol–water partition coefficient (Wildman–Crippen LogP) is 2.38. The third kappa shape index (κ3) is 2.01. The molecule has 23 heavy (non-hydrogen) atoms. The van der Waals surface area contributed by atoms with Crippen LogP contribution in [0.3, 0.4) is 0 Å². The van der Waals surface area contributed by atoms with Crippen molar-refractivity contribution in [2.24, 2.45) is 0 Å². The summed E-state index contributed by atoms with van der Waals surface area (Å²) in [7, 11) is 4.17. The molecule has 0 spiro atoms. The van der Waals surface area contributed by atoms with Crippen molar-refractivity contribution < 1.29 is 28.8 Å². The number of hydrogen-bond donors (Lipinski definition) is 2. The fraction of sp³-hybridized carbons (Fsp3) is 0.188. The lowest BCUT2D eigenvalue weighted by atomic mass is 10.1. The lowest BCUT2D eigenvalue weighted by Gasteiger charge is -2.12. The van der Waals surface area contributed by atoms with Gasteiger partial charge in [-0.1, -0.05) is 0 Å². The molecule has 0 amide bonds. The van der Waals surface area contributed by atoms with E-state index in [1.807, 2.05) is 0 Å². The van der Waals surface area contributed by atoms with Gasteiger partial charge in [-0.25, -0.2) is 0 Å². The minimum absolute atomic E-state index is 0.0540. The molecule has 0 aliphatic rings. The van der Waals surface area contributed by atoms with E-state index in [1.54, 1.807) is 12.1 Å². The first-order chi connectivity index (χ1) is 11.0. The molecule has 0 unspecified atom stereocenters. The molecule has 120 valence electrons. The zero-order chi connectivity index (χ0) is 16.7. The SMILES string of the molecule is COc1ccc(OC)c2c(=O)c3c(O)cc(O)c(OC)c3oc12. The number of benzene rings is 2. The lowest BCUT2D eigenvalue weighted by molar-refractivity contribution is 0.367. The third-order valence-electron chi connectivity index (χ3n) is 3.58. The zero-order valence-electron chi connectivity index (χ0n) is 12.7. The number of aromatic hydroxyl groups is 2. The van der Waals surface area contributed by atoms with Gasteiger partial charge in [0.25, 0.3) is 0 Å². The van der Waals surface area contributed by atoms with Crippen LogP contribution in [0, 0.1) is 0 Å². The van der Waals surface area contributed by atoms with Crippen molar-refractivity contribution in [1.82, 2.24) is 0 Å². The van der Waals surface area contributed by atoms with E-state index < -0.39 is 11.2 Å². The molecule has 7 nitrogen and oxygen atoms in total. The fourth-order valence-electron chi connectivity index (χ4n) is 2.55. The van der Waals surface area contributed by atoms with Crippen molar-refractivity contribution in [1.29, 1.82) is 0 Å². The molecule has 1 heterocycles. The van der Waals surface area contributed by atoms with Gasteiger partial charge in [0.2, 0.25) is 11.2 Å². The molecule has 0 saturated heterocycles. The van der Waals surface area contributed by atoms with Crippen LogP contribution in [-0.4, -0.2) is 31.5 Å². The molecule has 3 rings (SSSR count). The van der Waals surface area contributed by atoms with E-state index in [0.717, 1.165) is 6.07 Å². The van der Waals surface area contributed by atoms with E-state index >= 15 is 0 Å². The summed E-state index contributed by atoms with van der Waals surface area (Å²) in [6.45, 7) is 0. The lowest BCUT2D eigenvalue weighted by Crippen LogP contribution is -2.06. The summed E-state index contributed by atoms with van der Waals surface area (Å²) in [6, 6.07) is 4.18. The Bertz CT molecular complexity index is 972. The van der Waals surface area contributed by atoms with Crippen LogP contribution < -0.4 is 19.6 Å². The normalized spacial score (nSPS) is 10.9. The van der Waals surface area contributed by atoms with Crippen molar-refractivity contribution in [2.75, 3.05) is 21.3 Å². The molecule has 0 atom stereocenters. The number of phenolic OH excluding ortho intramolecular Hbond substituents is 2. The largest absolute Gasteiger partial charge is 0.507 e. The quantitative estimate of drug-likeness (QED) is 0.715. The highest BCUT2D eigenvalue weighted by Gasteiger charge is 2.23. The molecule has 0 bridgehead atoms. The minimum Gasteiger partial charge on any atom is -0.507 e. The molecule has 0 saturated carbocycles. The van der Waals surface area contributed by atoms with Gasteiger partial charge in [0, 0.05) is 6.07 Å². The Balaban J connectivity index is 2.65. The molecule has 0 aliphatic heterocycles. The van der Waals surface area contributed by atoms with Gasteiger partial charge in [-0.3, -0.25) is 4.79 Å². The molecular formula is C16H14O7. The van der Waals surface area contributed by atoms with Crippen LogP contribution in [0.2, 0.25) is 0 Å². The maximum atomic E-state index is 12.8. The summed E-state index contributed by atoms with van der Waals surface area (Å²) in [4.78, 5) is 12.8. The number of ether oxygens (including phenoxy) is 3. The monoisotopic (exact) mass is 318 g/mol. The first kappa shape index (κ1) is 14.8. The van der Waals surface area contributed by atoms with E-state index in [-0.39, 0.29) is 39.2 Å². The van der Waals surface area contributed by atoms with E-state index in [9.17, 15) is 15.0 Å². The van der Waals surface area contributed by atoms with E-state index in [1.165, 1.54) is 21.3 Å². The molecule has 7 heteroatoms. The van der Waals surface area contributed by atoms with Crippen molar-refractivity contribution >= 4 is 21.9 Å². The number of fused-ring (bicyclic) bond motifs is 2. The Morgan fingerprint density at radius 3 is 2.13 bits per heavy atom. The van der Waals surface area contributed by atoms with Gasteiger partial charge >= 0.3 is 0 Å². The van der Waals surface area contributed by atoms with Crippen LogP contribution in [0.15, 0.2) is 27.4 Å². The molecular weight excluding hydrogens is 304 g/mol. The predicted molar refractivity (Wildman–Crippen MR) is 83.0 cm³/mol. The minimum atomic E-state index is -0.521. The summed E-state index contributed by atoms with van der Waals surface area (Å²) in [5.74, 6) is -0.227. The van der Waals surface area contributed by atoms with Gasteiger partial charge in [0.15, 0.2) is 22.7 Å². The van der Waals surface area contributed by atoms with E-state index in [0.29, 0.717) is 5.75 Å². The second-order valence-corrected chi connectivity index (χ2v) is 4.76. The van der Waals surface area contributed by atoms with Crippen LogP contribution >= 0.6 is 0 Å². The molecule has 0 aliphatic carbocycles. The van der Waals surface area contributed by atoms with Crippen molar-refractivity contribution in [2.45, 2.75) is 0 Å². The first-order valence-electron chi connectivity index (χ1n) is 6.63. The highest BCUT2D eigenvalue weighted by atomic mass is 16.5. The summed E-state index contributed by atoms with van der Waals surface area (Å²) in [5, 5.41) is 19.9. The van der Waals surface area contributed by atoms with Gasteiger partial charge < -0.3 is 28.8 Å². The Hall–Kier alpha value is -3.09. The van der Waals surface area contributed by atoms with Crippen LogP contribution in [0.4, 0.5) is 0 Å². The number of hydrogen-bond acceptors (Lipinski definition) is 7. The number of phenols is 2. The van der Waals surface area contributed by atoms with E-state index in [4.69, 9.17) is 18.6 Å². The fourth-order valence-corrected chi connectivity index (χ4v) is 2.55.